The predicted molar refractivity (Wildman–Crippen MR) is 77.7 cm³/mol. The van der Waals surface area contributed by atoms with E-state index >= 15 is 0 Å². The molecule has 3 rings (SSSR count). The molecule has 2 heterocycles. The van der Waals surface area contributed by atoms with E-state index in [1.807, 2.05) is 0 Å². The number of hydrogen-bond acceptors (Lipinski definition) is 5. The molecule has 1 N–H and O–H groups in total. The van der Waals surface area contributed by atoms with E-state index in [2.05, 4.69) is 45.1 Å². The summed E-state index contributed by atoms with van der Waals surface area (Å²) >= 11 is 1.51. The molecule has 0 unspecified atom stereocenters. The number of aromatic nitrogens is 1. The summed E-state index contributed by atoms with van der Waals surface area (Å²) in [6.07, 6.45) is 0. The van der Waals surface area contributed by atoms with Crippen LogP contribution in [-0.4, -0.2) is 41.2 Å². The van der Waals surface area contributed by atoms with Crippen LogP contribution in [0.4, 0.5) is 5.13 Å². The minimum atomic E-state index is 0.131. The molecule has 5 heteroatoms. The van der Waals surface area contributed by atoms with Crippen molar-refractivity contribution in [2.45, 2.75) is 6.54 Å². The molecule has 0 amide bonds. The zero-order chi connectivity index (χ0) is 13.1. The molecule has 1 aliphatic rings. The monoisotopic (exact) mass is 275 g/mol. The van der Waals surface area contributed by atoms with E-state index in [-0.39, 0.29) is 5.88 Å². The van der Waals surface area contributed by atoms with Crippen molar-refractivity contribution in [1.82, 2.24) is 9.88 Å². The number of hydrogen-bond donors (Lipinski definition) is 1. The quantitative estimate of drug-likeness (QED) is 0.932. The molecular weight excluding hydrogens is 258 g/mol. The Bertz CT molecular complexity index is 520. The fourth-order valence-electron chi connectivity index (χ4n) is 2.34. The Morgan fingerprint density at radius 2 is 1.84 bits per heavy atom. The minimum absolute atomic E-state index is 0.131. The van der Waals surface area contributed by atoms with Crippen LogP contribution in [0.15, 0.2) is 35.7 Å². The van der Waals surface area contributed by atoms with Crippen molar-refractivity contribution in [3.05, 3.63) is 41.3 Å². The van der Waals surface area contributed by atoms with Crippen molar-refractivity contribution in [3.63, 3.8) is 0 Å². The Kier molecular flexibility index (Phi) is 3.66. The van der Waals surface area contributed by atoms with E-state index in [4.69, 9.17) is 0 Å². The molecule has 0 spiro atoms. The van der Waals surface area contributed by atoms with Crippen LogP contribution in [0.5, 0.6) is 5.88 Å². The number of nitrogens with zero attached hydrogens (tertiary/aromatic N) is 3. The van der Waals surface area contributed by atoms with Crippen LogP contribution in [0.3, 0.4) is 0 Å². The largest absolute Gasteiger partial charge is 0.493 e. The molecule has 100 valence electrons. The van der Waals surface area contributed by atoms with E-state index in [0.717, 1.165) is 37.9 Å². The average molecular weight is 275 g/mol. The highest BCUT2D eigenvalue weighted by atomic mass is 32.1. The molecule has 1 fully saturated rings. The number of benzene rings is 1. The van der Waals surface area contributed by atoms with Gasteiger partial charge in [-0.25, -0.2) is 0 Å². The SMILES string of the molecule is Oc1csc(N2CCN(Cc3ccccc3)CC2)n1. The molecule has 0 radical (unpaired) electrons. The Balaban J connectivity index is 1.55. The standard InChI is InChI=1S/C14H17N3OS/c18-13-11-19-14(15-13)17-8-6-16(7-9-17)10-12-4-2-1-3-5-12/h1-5,11,18H,6-10H2. The number of aromatic hydroxyl groups is 1. The second kappa shape index (κ2) is 5.59. The molecule has 19 heavy (non-hydrogen) atoms. The third-order valence-corrected chi connectivity index (χ3v) is 4.26. The molecule has 0 saturated carbocycles. The Labute approximate surface area is 116 Å². The molecule has 1 aromatic carbocycles. The molecule has 2 aromatic rings. The Morgan fingerprint density at radius 3 is 2.47 bits per heavy atom. The molecule has 1 aromatic heterocycles. The van der Waals surface area contributed by atoms with E-state index < -0.39 is 0 Å². The summed E-state index contributed by atoms with van der Waals surface area (Å²) in [5.74, 6) is 0.131. The van der Waals surface area contributed by atoms with Crippen molar-refractivity contribution in [2.24, 2.45) is 0 Å². The summed E-state index contributed by atoms with van der Waals surface area (Å²) in [6, 6.07) is 10.6. The first-order valence-corrected chi connectivity index (χ1v) is 7.35. The second-order valence-corrected chi connectivity index (χ2v) is 5.57. The number of rotatable bonds is 3. The Morgan fingerprint density at radius 1 is 1.11 bits per heavy atom. The molecule has 1 saturated heterocycles. The average Bonchev–Trinajstić information content (AvgIpc) is 2.87. The van der Waals surface area contributed by atoms with Crippen LogP contribution in [-0.2, 0) is 6.54 Å². The lowest BCUT2D eigenvalue weighted by Crippen LogP contribution is -2.45. The van der Waals surface area contributed by atoms with Gasteiger partial charge in [-0.05, 0) is 5.56 Å². The maximum absolute atomic E-state index is 9.29. The van der Waals surface area contributed by atoms with E-state index in [9.17, 15) is 5.11 Å². The highest BCUT2D eigenvalue weighted by molar-refractivity contribution is 7.13. The lowest BCUT2D eigenvalue weighted by Gasteiger charge is -2.34. The predicted octanol–water partition coefficient (Wildman–Crippen LogP) is 2.17. The van der Waals surface area contributed by atoms with Gasteiger partial charge in [0, 0.05) is 32.7 Å². The van der Waals surface area contributed by atoms with Crippen LogP contribution in [0.1, 0.15) is 5.56 Å². The van der Waals surface area contributed by atoms with Gasteiger partial charge in [-0.2, -0.15) is 4.98 Å². The van der Waals surface area contributed by atoms with Crippen molar-refractivity contribution >= 4 is 16.5 Å². The van der Waals surface area contributed by atoms with E-state index in [1.54, 1.807) is 5.38 Å². The first-order valence-electron chi connectivity index (χ1n) is 6.47. The van der Waals surface area contributed by atoms with Gasteiger partial charge in [-0.15, -0.1) is 11.3 Å². The van der Waals surface area contributed by atoms with Gasteiger partial charge in [-0.1, -0.05) is 30.3 Å². The van der Waals surface area contributed by atoms with Gasteiger partial charge >= 0.3 is 0 Å². The fraction of sp³-hybridized carbons (Fsp3) is 0.357. The highest BCUT2D eigenvalue weighted by Gasteiger charge is 2.19. The van der Waals surface area contributed by atoms with E-state index in [1.165, 1.54) is 16.9 Å². The smallest absolute Gasteiger partial charge is 0.223 e. The molecule has 0 aliphatic carbocycles. The van der Waals surface area contributed by atoms with Crippen LogP contribution in [0.2, 0.25) is 0 Å². The number of thiazole rings is 1. The summed E-state index contributed by atoms with van der Waals surface area (Å²) in [6.45, 7) is 5.03. The molecule has 1 aliphatic heterocycles. The molecule has 4 nitrogen and oxygen atoms in total. The van der Waals surface area contributed by atoms with E-state index in [0.29, 0.717) is 0 Å². The van der Waals surface area contributed by atoms with Gasteiger partial charge < -0.3 is 10.0 Å². The lowest BCUT2D eigenvalue weighted by atomic mass is 10.2. The summed E-state index contributed by atoms with van der Waals surface area (Å²) in [4.78, 5) is 8.82. The lowest BCUT2D eigenvalue weighted by molar-refractivity contribution is 0.249. The third kappa shape index (κ3) is 3.05. The summed E-state index contributed by atoms with van der Waals surface area (Å²) in [5, 5.41) is 11.9. The zero-order valence-corrected chi connectivity index (χ0v) is 11.5. The summed E-state index contributed by atoms with van der Waals surface area (Å²) in [5.41, 5.74) is 1.36. The van der Waals surface area contributed by atoms with Crippen molar-refractivity contribution < 1.29 is 5.11 Å². The van der Waals surface area contributed by atoms with Gasteiger partial charge in [0.05, 0.1) is 5.38 Å². The van der Waals surface area contributed by atoms with Crippen molar-refractivity contribution in [1.29, 1.82) is 0 Å². The van der Waals surface area contributed by atoms with Crippen molar-refractivity contribution in [2.75, 3.05) is 31.1 Å². The maximum atomic E-state index is 9.29. The van der Waals surface area contributed by atoms with Gasteiger partial charge in [-0.3, -0.25) is 4.90 Å². The first-order chi connectivity index (χ1) is 9.31. The van der Waals surface area contributed by atoms with Gasteiger partial charge in [0.25, 0.3) is 0 Å². The number of anilines is 1. The minimum Gasteiger partial charge on any atom is -0.493 e. The highest BCUT2D eigenvalue weighted by Crippen LogP contribution is 2.24. The maximum Gasteiger partial charge on any atom is 0.223 e. The number of piperazine rings is 1. The summed E-state index contributed by atoms with van der Waals surface area (Å²) in [7, 11) is 0. The normalized spacial score (nSPS) is 16.7. The Hall–Kier alpha value is -1.59. The molecule has 0 atom stereocenters. The molecule has 0 bridgehead atoms. The topological polar surface area (TPSA) is 39.6 Å². The summed E-state index contributed by atoms with van der Waals surface area (Å²) < 4.78 is 0. The van der Waals surface area contributed by atoms with Crippen molar-refractivity contribution in [3.8, 4) is 5.88 Å². The van der Waals surface area contributed by atoms with Gasteiger partial charge in [0.1, 0.15) is 0 Å². The van der Waals surface area contributed by atoms with Crippen LogP contribution >= 0.6 is 11.3 Å². The first kappa shape index (κ1) is 12.4. The van der Waals surface area contributed by atoms with Gasteiger partial charge in [0.2, 0.25) is 5.88 Å². The third-order valence-electron chi connectivity index (χ3n) is 3.37. The second-order valence-electron chi connectivity index (χ2n) is 4.74. The van der Waals surface area contributed by atoms with Crippen LogP contribution in [0, 0.1) is 0 Å². The zero-order valence-electron chi connectivity index (χ0n) is 10.7. The van der Waals surface area contributed by atoms with Crippen LogP contribution < -0.4 is 4.90 Å². The van der Waals surface area contributed by atoms with Crippen LogP contribution in [0.25, 0.3) is 0 Å². The fourth-order valence-corrected chi connectivity index (χ4v) is 3.08. The van der Waals surface area contributed by atoms with Gasteiger partial charge in [0.15, 0.2) is 5.13 Å². The molecular formula is C14H17N3OS.